The van der Waals surface area contributed by atoms with Crippen LogP contribution in [0.25, 0.3) is 0 Å². The minimum absolute atomic E-state index is 0.114. The summed E-state index contributed by atoms with van der Waals surface area (Å²) in [5, 5.41) is 5.72. The number of likely N-dealkylation sites (tertiary alicyclic amines) is 1. The minimum atomic E-state index is -0.126. The maximum atomic E-state index is 12.4. The van der Waals surface area contributed by atoms with Crippen molar-refractivity contribution >= 4 is 23.2 Å². The summed E-state index contributed by atoms with van der Waals surface area (Å²) in [4.78, 5) is 30.9. The van der Waals surface area contributed by atoms with Crippen molar-refractivity contribution in [3.63, 3.8) is 0 Å². The normalized spacial score (nSPS) is 15.8. The molecule has 134 valence electrons. The average Bonchev–Trinajstić information content (AvgIpc) is 3.06. The van der Waals surface area contributed by atoms with E-state index in [0.717, 1.165) is 43.8 Å². The summed E-state index contributed by atoms with van der Waals surface area (Å²) in [6.07, 6.45) is 4.09. The van der Waals surface area contributed by atoms with E-state index < -0.39 is 0 Å². The first kappa shape index (κ1) is 18.9. The quantitative estimate of drug-likeness (QED) is 0.783. The Bertz CT molecular complexity index is 549. The van der Waals surface area contributed by atoms with E-state index >= 15 is 0 Å². The summed E-state index contributed by atoms with van der Waals surface area (Å²) in [7, 11) is 0. The van der Waals surface area contributed by atoms with E-state index in [1.54, 1.807) is 5.38 Å². The summed E-state index contributed by atoms with van der Waals surface area (Å²) in [5.41, 5.74) is 5.98. The molecule has 0 saturated carbocycles. The van der Waals surface area contributed by atoms with Gasteiger partial charge in [-0.25, -0.2) is 4.98 Å². The highest BCUT2D eigenvalue weighted by molar-refractivity contribution is 7.09. The number of hydrogen-bond acceptors (Lipinski definition) is 5. The number of hydrogen-bond donors (Lipinski definition) is 2. The van der Waals surface area contributed by atoms with Crippen LogP contribution in [0.1, 0.15) is 55.0 Å². The number of carbonyl (C=O) groups is 2. The maximum absolute atomic E-state index is 12.4. The van der Waals surface area contributed by atoms with E-state index in [-0.39, 0.29) is 23.8 Å². The predicted molar refractivity (Wildman–Crippen MR) is 96.0 cm³/mol. The Kier molecular flexibility index (Phi) is 7.17. The van der Waals surface area contributed by atoms with Crippen LogP contribution in [0, 0.1) is 5.92 Å². The van der Waals surface area contributed by atoms with Crippen LogP contribution in [0.4, 0.5) is 0 Å². The molecular formula is C17H28N4O2S. The lowest BCUT2D eigenvalue weighted by Gasteiger charge is -2.34. The van der Waals surface area contributed by atoms with Crippen LogP contribution < -0.4 is 11.1 Å². The Morgan fingerprint density at radius 1 is 1.38 bits per heavy atom. The molecule has 1 saturated heterocycles. The number of rotatable bonds is 7. The summed E-state index contributed by atoms with van der Waals surface area (Å²) in [6, 6.07) is 0.114. The van der Waals surface area contributed by atoms with Crippen molar-refractivity contribution < 1.29 is 9.59 Å². The highest BCUT2D eigenvalue weighted by Gasteiger charge is 2.27. The summed E-state index contributed by atoms with van der Waals surface area (Å²) in [5.74, 6) is 0.266. The van der Waals surface area contributed by atoms with Gasteiger partial charge in [-0.1, -0.05) is 13.8 Å². The lowest BCUT2D eigenvalue weighted by atomic mass is 9.98. The zero-order valence-electron chi connectivity index (χ0n) is 14.6. The molecule has 0 spiro atoms. The molecule has 24 heavy (non-hydrogen) atoms. The fraction of sp³-hybridized carbons (Fsp3) is 0.706. The van der Waals surface area contributed by atoms with Crippen molar-refractivity contribution in [3.05, 3.63) is 16.1 Å². The molecule has 1 aliphatic rings. The van der Waals surface area contributed by atoms with Crippen LogP contribution in [0.5, 0.6) is 0 Å². The van der Waals surface area contributed by atoms with Gasteiger partial charge in [-0.3, -0.25) is 9.59 Å². The lowest BCUT2D eigenvalue weighted by molar-refractivity contribution is -0.136. The molecule has 0 bridgehead atoms. The molecule has 2 heterocycles. The topological polar surface area (TPSA) is 88.3 Å². The second-order valence-corrected chi connectivity index (χ2v) is 7.19. The zero-order chi connectivity index (χ0) is 17.5. The van der Waals surface area contributed by atoms with Gasteiger partial charge in [0.05, 0.1) is 5.01 Å². The maximum Gasteiger partial charge on any atom is 0.270 e. The third-order valence-corrected chi connectivity index (χ3v) is 5.53. The fourth-order valence-corrected chi connectivity index (χ4v) is 3.85. The van der Waals surface area contributed by atoms with Crippen molar-refractivity contribution in [2.45, 2.75) is 52.0 Å². The molecule has 2 amide bonds. The molecule has 3 N–H and O–H groups in total. The Morgan fingerprint density at radius 3 is 2.62 bits per heavy atom. The van der Waals surface area contributed by atoms with Gasteiger partial charge >= 0.3 is 0 Å². The van der Waals surface area contributed by atoms with Crippen LogP contribution in [0.2, 0.25) is 0 Å². The monoisotopic (exact) mass is 352 g/mol. The summed E-state index contributed by atoms with van der Waals surface area (Å²) >= 11 is 1.47. The highest BCUT2D eigenvalue weighted by Crippen LogP contribution is 2.18. The largest absolute Gasteiger partial charge is 0.348 e. The smallest absolute Gasteiger partial charge is 0.270 e. The number of carbonyl (C=O) groups excluding carboxylic acids is 2. The number of amides is 2. The Balaban J connectivity index is 1.81. The molecule has 2 rings (SSSR count). The molecule has 0 atom stereocenters. The van der Waals surface area contributed by atoms with Crippen molar-refractivity contribution in [2.24, 2.45) is 11.7 Å². The molecule has 7 heteroatoms. The molecule has 0 aliphatic carbocycles. The van der Waals surface area contributed by atoms with E-state index in [1.165, 1.54) is 11.3 Å². The average molecular weight is 353 g/mol. The Hall–Kier alpha value is -1.47. The van der Waals surface area contributed by atoms with Crippen molar-refractivity contribution in [2.75, 3.05) is 19.6 Å². The van der Waals surface area contributed by atoms with Crippen LogP contribution in [0.3, 0.4) is 0 Å². The standard InChI is InChI=1S/C17H28N4O2S/c1-3-12(4-2)17(23)21-9-6-13(7-10-21)19-16(22)14-11-24-15(20-14)5-8-18/h11-13H,3-10,18H2,1-2H3,(H,19,22). The fourth-order valence-electron chi connectivity index (χ4n) is 3.05. The molecule has 1 aromatic heterocycles. The molecule has 1 aliphatic heterocycles. The minimum Gasteiger partial charge on any atom is -0.348 e. The first-order valence-corrected chi connectivity index (χ1v) is 9.71. The number of nitrogens with zero attached hydrogens (tertiary/aromatic N) is 2. The molecule has 1 fully saturated rings. The van der Waals surface area contributed by atoms with Crippen LogP contribution >= 0.6 is 11.3 Å². The van der Waals surface area contributed by atoms with E-state index in [1.807, 2.05) is 4.90 Å². The predicted octanol–water partition coefficient (Wildman–Crippen LogP) is 1.80. The first-order valence-electron chi connectivity index (χ1n) is 8.83. The van der Waals surface area contributed by atoms with E-state index in [2.05, 4.69) is 24.1 Å². The van der Waals surface area contributed by atoms with Gasteiger partial charge in [-0.05, 0) is 32.2 Å². The Morgan fingerprint density at radius 2 is 2.04 bits per heavy atom. The van der Waals surface area contributed by atoms with Crippen molar-refractivity contribution in [1.82, 2.24) is 15.2 Å². The van der Waals surface area contributed by atoms with Crippen LogP contribution in [-0.4, -0.2) is 47.4 Å². The van der Waals surface area contributed by atoms with Gasteiger partial charge in [0, 0.05) is 36.9 Å². The van der Waals surface area contributed by atoms with Crippen LogP contribution in [-0.2, 0) is 11.2 Å². The molecule has 0 unspecified atom stereocenters. The molecule has 6 nitrogen and oxygen atoms in total. The third-order valence-electron chi connectivity index (χ3n) is 4.62. The van der Waals surface area contributed by atoms with Crippen molar-refractivity contribution in [3.8, 4) is 0 Å². The van der Waals surface area contributed by atoms with E-state index in [4.69, 9.17) is 5.73 Å². The summed E-state index contributed by atoms with van der Waals surface area (Å²) in [6.45, 7) is 6.10. The lowest BCUT2D eigenvalue weighted by Crippen LogP contribution is -2.48. The van der Waals surface area contributed by atoms with Crippen molar-refractivity contribution in [1.29, 1.82) is 0 Å². The zero-order valence-corrected chi connectivity index (χ0v) is 15.4. The second kappa shape index (κ2) is 9.13. The molecule has 1 aromatic rings. The van der Waals surface area contributed by atoms with Gasteiger partial charge in [0.1, 0.15) is 5.69 Å². The SMILES string of the molecule is CCC(CC)C(=O)N1CCC(NC(=O)c2csc(CCN)n2)CC1. The first-order chi connectivity index (χ1) is 11.6. The van der Waals surface area contributed by atoms with Gasteiger partial charge in [0.2, 0.25) is 5.91 Å². The molecule has 0 aromatic carbocycles. The molecular weight excluding hydrogens is 324 g/mol. The van der Waals surface area contributed by atoms with Gasteiger partial charge in [0.25, 0.3) is 5.91 Å². The molecule has 0 radical (unpaired) electrons. The van der Waals surface area contributed by atoms with E-state index in [0.29, 0.717) is 18.7 Å². The Labute approximate surface area is 147 Å². The second-order valence-electron chi connectivity index (χ2n) is 6.25. The van der Waals surface area contributed by atoms with E-state index in [9.17, 15) is 9.59 Å². The number of nitrogens with one attached hydrogen (secondary N) is 1. The van der Waals surface area contributed by atoms with Gasteiger partial charge in [-0.15, -0.1) is 11.3 Å². The van der Waals surface area contributed by atoms with Gasteiger partial charge in [0.15, 0.2) is 0 Å². The van der Waals surface area contributed by atoms with Gasteiger partial charge in [-0.2, -0.15) is 0 Å². The number of piperidine rings is 1. The highest BCUT2D eigenvalue weighted by atomic mass is 32.1. The van der Waals surface area contributed by atoms with Crippen LogP contribution in [0.15, 0.2) is 5.38 Å². The number of thiazole rings is 1. The van der Waals surface area contributed by atoms with Gasteiger partial charge < -0.3 is 16.0 Å². The third kappa shape index (κ3) is 4.77. The number of aromatic nitrogens is 1. The summed E-state index contributed by atoms with van der Waals surface area (Å²) < 4.78 is 0. The number of nitrogens with two attached hydrogens (primary N) is 1.